The summed E-state index contributed by atoms with van der Waals surface area (Å²) in [5.74, 6) is 1.58. The van der Waals surface area contributed by atoms with Crippen LogP contribution in [0.15, 0.2) is 131 Å². The van der Waals surface area contributed by atoms with Gasteiger partial charge in [-0.25, -0.2) is 127 Å². The third kappa shape index (κ3) is 54.9. The summed E-state index contributed by atoms with van der Waals surface area (Å²) < 4.78 is 467. The minimum atomic E-state index is -6.72. The number of aromatic nitrogens is 14. The summed E-state index contributed by atoms with van der Waals surface area (Å²) >= 11 is 16.6. The molecule has 852 valence electrons. The van der Waals surface area contributed by atoms with E-state index < -0.39 is 124 Å². The van der Waals surface area contributed by atoms with Crippen molar-refractivity contribution in [3.63, 3.8) is 0 Å². The van der Waals surface area contributed by atoms with E-state index in [2.05, 4.69) is 245 Å². The number of rotatable bonds is 44. The van der Waals surface area contributed by atoms with Crippen molar-refractivity contribution < 1.29 is 254 Å². The molecule has 146 heavy (non-hydrogen) atoms. The number of aromatic amines is 1. The summed E-state index contributed by atoms with van der Waals surface area (Å²) in [6.07, 6.45) is 63.7. The molecule has 0 radical (unpaired) electrons. The summed E-state index contributed by atoms with van der Waals surface area (Å²) in [4.78, 5) is 3.00. The van der Waals surface area contributed by atoms with Gasteiger partial charge < -0.3 is 46.8 Å². The number of alkyl halides is 27. The van der Waals surface area contributed by atoms with Crippen molar-refractivity contribution in [1.82, 2.24) is 32.4 Å². The van der Waals surface area contributed by atoms with Crippen molar-refractivity contribution in [3.8, 4) is 0 Å². The molecule has 7 rings (SSSR count). The van der Waals surface area contributed by atoms with Crippen molar-refractivity contribution >= 4 is 127 Å². The predicted octanol–water partition coefficient (Wildman–Crippen LogP) is 6.18. The molecule has 7 heterocycles. The zero-order chi connectivity index (χ0) is 110. The van der Waals surface area contributed by atoms with Gasteiger partial charge in [0.1, 0.15) is 126 Å². The molecule has 0 saturated heterocycles. The first-order valence-corrected chi connectivity index (χ1v) is 54.6. The van der Waals surface area contributed by atoms with Crippen LogP contribution in [0, 0.1) is 16.2 Å². The molecule has 3 N–H and O–H groups in total. The third-order valence-corrected chi connectivity index (χ3v) is 30.8. The molecule has 0 aliphatic carbocycles. The largest absolute Gasteiger partial charge is 1.00 e. The second kappa shape index (κ2) is 64.6. The molecule has 35 nitrogen and oxygen atoms in total. The van der Waals surface area contributed by atoms with E-state index in [1.54, 1.807) is 0 Å². The van der Waals surface area contributed by atoms with Crippen LogP contribution in [0.25, 0.3) is 16.5 Å². The first-order valence-electron chi connectivity index (χ1n) is 41.5. The SMILES string of the molecule is CC(CCl)(CCl)CCl.CCCC[n+]1cc[nH]c1.CCCCn1cc[n+](CC(C)(C[n+]2ccn(CCCC)c2)C[n+]2ccn(CCCC)c2)c1.CCCCn1cc[n+](CC(C)(C[n+]2ccn(CCCC)c2)C[n+]2ccn(CCCC)c2)c1.Cl.O.O=S(=O)([N-]S(=O)(=O)C(F)(F)F)C(F)(F)F.O=S(=O)([N-]S(=O)(=O)C(F)(F)F)C(F)(F)F.O=S(=O)([N-]S(=O)(=O)C(F)(F)F)C(F)(F)F.O=S(=O)([N-]S(=O)(=O)C(F)(F)F)C(F)(F)F.[Cl-].[Cl-].[Li+]. The molecule has 0 fully saturated rings. The van der Waals surface area contributed by atoms with Crippen LogP contribution in [0.2, 0.25) is 0 Å². The van der Waals surface area contributed by atoms with E-state index in [1.165, 1.54) is 89.9 Å². The molecule has 0 aromatic carbocycles. The molecule has 0 aliphatic rings. The molecule has 0 spiro atoms. The zero-order valence-corrected chi connectivity index (χ0v) is 90.7. The fourth-order valence-corrected chi connectivity index (χ4v) is 18.4. The van der Waals surface area contributed by atoms with Gasteiger partial charge in [-0.3, -0.25) is 4.98 Å². The monoisotopic (exact) mass is 2430 g/mol. The van der Waals surface area contributed by atoms with E-state index in [0.717, 1.165) is 102 Å². The summed E-state index contributed by atoms with van der Waals surface area (Å²) in [5, 5.41) is 0. The smallest absolute Gasteiger partial charge is 1.00 e. The number of hydrogen-bond acceptors (Lipinski definition) is 16. The van der Waals surface area contributed by atoms with E-state index in [9.17, 15) is 173 Å². The topological polar surface area (TPSA) is 434 Å². The van der Waals surface area contributed by atoms with Gasteiger partial charge in [-0.15, -0.1) is 47.2 Å². The Labute approximate surface area is 877 Å². The Hall–Kier alpha value is -5.47. The van der Waals surface area contributed by atoms with Crippen LogP contribution in [0.4, 0.5) is 105 Å². The number of hydrogen-bond donors (Lipinski definition) is 1. The van der Waals surface area contributed by atoms with Crippen LogP contribution in [0.1, 0.15) is 159 Å². The van der Waals surface area contributed by atoms with Gasteiger partial charge in [0.05, 0.1) is 56.6 Å². The average molecular weight is 2440 g/mol. The zero-order valence-electron chi connectivity index (χ0n) is 79.6. The minimum Gasteiger partial charge on any atom is -1.00 e. The summed E-state index contributed by atoms with van der Waals surface area (Å²) in [6.45, 7) is 36.2. The molecule has 0 unspecified atom stereocenters. The number of H-pyrrole nitrogens is 1. The van der Waals surface area contributed by atoms with Crippen molar-refractivity contribution in [2.75, 3.05) is 17.6 Å². The van der Waals surface area contributed by atoms with Crippen molar-refractivity contribution in [2.24, 2.45) is 16.2 Å². The molecule has 7 aromatic rings. The van der Waals surface area contributed by atoms with E-state index >= 15 is 0 Å². The number of aryl methyl sites for hydroxylation is 7. The third-order valence-electron chi connectivity index (χ3n) is 17.9. The van der Waals surface area contributed by atoms with Gasteiger partial charge >= 0.3 is 62.9 Å². The molecule has 7 aromatic heterocycles. The molecule has 0 amide bonds. The van der Waals surface area contributed by atoms with Gasteiger partial charge in [-0.05, 0) is 58.8 Å². The van der Waals surface area contributed by atoms with Gasteiger partial charge in [-0.1, -0.05) is 100 Å². The Bertz CT molecular complexity index is 4930. The normalized spacial score (nSPS) is 12.8. The average Bonchev–Trinajstić information content (AvgIpc) is 0.843. The van der Waals surface area contributed by atoms with E-state index in [4.69, 9.17) is 34.8 Å². The van der Waals surface area contributed by atoms with Gasteiger partial charge in [0.25, 0.3) is 0 Å². The number of halogens is 30. The van der Waals surface area contributed by atoms with Crippen molar-refractivity contribution in [2.45, 2.75) is 288 Å². The fourth-order valence-electron chi connectivity index (χ4n) is 10.7. The van der Waals surface area contributed by atoms with Gasteiger partial charge in [0.2, 0.25) is 44.3 Å². The van der Waals surface area contributed by atoms with Gasteiger partial charge in [0.15, 0.2) is 80.2 Å². The molecule has 0 atom stereocenters. The first kappa shape index (κ1) is 151. The molecular formula is C72H115Cl6F24LiN18O17S8+2. The first-order chi connectivity index (χ1) is 64.0. The second-order valence-electron chi connectivity index (χ2n) is 31.8. The molecule has 0 bridgehead atoms. The molecule has 74 heteroatoms. The van der Waals surface area contributed by atoms with E-state index in [-0.39, 0.29) is 77.8 Å². The van der Waals surface area contributed by atoms with Crippen LogP contribution in [-0.2, 0) is 165 Å². The van der Waals surface area contributed by atoms with Crippen LogP contribution in [0.5, 0.6) is 0 Å². The van der Waals surface area contributed by atoms with Crippen LogP contribution in [-0.4, -0.2) is 167 Å². The molecule has 0 saturated carbocycles. The Morgan fingerprint density at radius 2 is 0.418 bits per heavy atom. The van der Waals surface area contributed by atoms with Crippen LogP contribution in [0.3, 0.4) is 0 Å². The van der Waals surface area contributed by atoms with Crippen molar-refractivity contribution in [3.05, 3.63) is 148 Å². The Balaban J connectivity index is -0.000000399. The molecule has 0 aliphatic heterocycles. The standard InChI is InChI=1S/2C26H45N6.C7H12N2.C5H9Cl3.4C2F6NO4S2.3ClH.Li.H2O/c2*1-5-8-11-27-14-17-30(23-27)20-26(4,21-31-18-15-28(24-31)12-9-6-2)22-32-19-16-29(25-32)13-10-7-3;1-2-3-5-9-6-4-8-7-9;1-5(2-6,3-7)4-8;4*3-1(4,5)14(10,11)9-15(12,13)2(6,7)8;;;;;/h2*14-19,23-25H,5-13,20-22H2,1-4H3;4,6-7H,2-3,5H2,1H3;2-4H2,1H3;;;;;3*1H;;1H2/q2*+3;;;4*-1;;;;+1;/p-1. The van der Waals surface area contributed by atoms with Crippen molar-refractivity contribution in [1.29, 1.82) is 0 Å². The van der Waals surface area contributed by atoms with Crippen LogP contribution < -0.4 is 75.6 Å². The predicted molar refractivity (Wildman–Crippen MR) is 474 cm³/mol. The maximum absolute atomic E-state index is 11.4. The Morgan fingerprint density at radius 3 is 0.527 bits per heavy atom. The Morgan fingerprint density at radius 1 is 0.267 bits per heavy atom. The fraction of sp³-hybridized carbons (Fsp3) is 0.708. The number of sulfonamides is 8. The quantitative estimate of drug-likeness (QED) is 0.0193. The maximum atomic E-state index is 11.4. The number of unbranched alkanes of at least 4 members (excludes halogenated alkanes) is 7. The van der Waals surface area contributed by atoms with Gasteiger partial charge in [-0.2, -0.15) is 105 Å². The van der Waals surface area contributed by atoms with E-state index in [0.29, 0.717) is 17.6 Å². The minimum absolute atomic E-state index is 0. The molecular weight excluding hydrogens is 2320 g/mol. The summed E-state index contributed by atoms with van der Waals surface area (Å²) in [5.41, 5.74) is -49.5. The maximum Gasteiger partial charge on any atom is 1.00 e. The number of imidazole rings is 7. The number of nitrogens with one attached hydrogen (secondary N) is 1. The number of nitrogens with zero attached hydrogens (tertiary/aromatic N) is 17. The summed E-state index contributed by atoms with van der Waals surface area (Å²) in [6, 6.07) is 0. The van der Waals surface area contributed by atoms with E-state index in [1.807, 2.05) is 19.4 Å². The van der Waals surface area contributed by atoms with Crippen LogP contribution >= 0.6 is 47.2 Å². The van der Waals surface area contributed by atoms with Gasteiger partial charge in [0, 0.05) is 23.1 Å². The second-order valence-corrected chi connectivity index (χ2v) is 46.3. The Kier molecular flexibility index (Phi) is 66.9. The summed E-state index contributed by atoms with van der Waals surface area (Å²) in [7, 11) is -53.8.